The second-order valence-electron chi connectivity index (χ2n) is 8.34. The van der Waals surface area contributed by atoms with E-state index in [-0.39, 0.29) is 29.7 Å². The van der Waals surface area contributed by atoms with E-state index in [0.29, 0.717) is 28.4 Å². The Kier molecular flexibility index (Phi) is 7.70. The number of primary sulfonamides is 1. The summed E-state index contributed by atoms with van der Waals surface area (Å²) in [5.74, 6) is 0.0581. The van der Waals surface area contributed by atoms with Crippen LogP contribution in [-0.2, 0) is 21.4 Å². The molecule has 0 bridgehead atoms. The second kappa shape index (κ2) is 10.5. The summed E-state index contributed by atoms with van der Waals surface area (Å²) in [6, 6.07) is 21.0. The van der Waals surface area contributed by atoms with Crippen LogP contribution in [0.1, 0.15) is 36.5 Å². The van der Waals surface area contributed by atoms with Gasteiger partial charge in [0.15, 0.2) is 0 Å². The number of nitrogens with two attached hydrogens (primary N) is 2. The average molecular weight is 480 g/mol. The minimum Gasteiger partial charge on any atom is -0.384 e. The van der Waals surface area contributed by atoms with E-state index in [0.717, 1.165) is 0 Å². The van der Waals surface area contributed by atoms with Crippen LogP contribution in [0.5, 0.6) is 0 Å². The van der Waals surface area contributed by atoms with E-state index in [1.165, 1.54) is 17.7 Å². The van der Waals surface area contributed by atoms with Crippen LogP contribution in [-0.4, -0.2) is 26.7 Å². The molecule has 34 heavy (non-hydrogen) atoms. The maximum atomic E-state index is 12.9. The molecule has 0 aliphatic heterocycles. The zero-order chi connectivity index (χ0) is 24.9. The van der Waals surface area contributed by atoms with Crippen molar-refractivity contribution in [3.8, 4) is 0 Å². The zero-order valence-corrected chi connectivity index (χ0v) is 20.0. The van der Waals surface area contributed by atoms with Crippen molar-refractivity contribution in [2.45, 2.75) is 31.2 Å². The molecular formula is C25H29N5O3S. The third-order valence-corrected chi connectivity index (χ3v) is 6.23. The predicted molar refractivity (Wildman–Crippen MR) is 135 cm³/mol. The Hall–Kier alpha value is -3.69. The molecule has 0 radical (unpaired) electrons. The van der Waals surface area contributed by atoms with E-state index >= 15 is 0 Å². The molecule has 9 heteroatoms. The van der Waals surface area contributed by atoms with E-state index < -0.39 is 10.0 Å². The molecule has 178 valence electrons. The number of hydrogen-bond donors (Lipinski definition) is 4. The molecule has 3 rings (SSSR count). The van der Waals surface area contributed by atoms with E-state index in [9.17, 15) is 13.2 Å². The first-order valence-electron chi connectivity index (χ1n) is 10.7. The number of amidine groups is 1. The number of nitrogens with zero attached hydrogens (tertiary/aromatic N) is 1. The topological polar surface area (TPSA) is 142 Å². The summed E-state index contributed by atoms with van der Waals surface area (Å²) in [4.78, 5) is 14.7. The van der Waals surface area contributed by atoms with Crippen molar-refractivity contribution >= 4 is 33.1 Å². The molecular weight excluding hydrogens is 450 g/mol. The van der Waals surface area contributed by atoms with Gasteiger partial charge in [-0.1, -0.05) is 50.2 Å². The van der Waals surface area contributed by atoms with E-state index in [2.05, 4.69) is 19.2 Å². The molecule has 0 aromatic heterocycles. The third-order valence-electron chi connectivity index (χ3n) is 5.32. The van der Waals surface area contributed by atoms with Gasteiger partial charge in [0.2, 0.25) is 15.9 Å². The fourth-order valence-electron chi connectivity index (χ4n) is 3.48. The van der Waals surface area contributed by atoms with Crippen LogP contribution >= 0.6 is 0 Å². The van der Waals surface area contributed by atoms with Gasteiger partial charge >= 0.3 is 0 Å². The first kappa shape index (κ1) is 24.9. The smallest absolute Gasteiger partial charge is 0.243 e. The number of sulfonamides is 1. The number of nitrogens with one attached hydrogen (secondary N) is 2. The Morgan fingerprint density at radius 2 is 1.71 bits per heavy atom. The van der Waals surface area contributed by atoms with Crippen LogP contribution in [0.15, 0.2) is 77.7 Å². The van der Waals surface area contributed by atoms with Gasteiger partial charge in [0.1, 0.15) is 5.84 Å². The van der Waals surface area contributed by atoms with Crippen LogP contribution in [0.25, 0.3) is 0 Å². The molecule has 0 saturated heterocycles. The molecule has 8 nitrogen and oxygen atoms in total. The van der Waals surface area contributed by atoms with Crippen molar-refractivity contribution in [3.63, 3.8) is 0 Å². The summed E-state index contributed by atoms with van der Waals surface area (Å²) in [6.45, 7) is 4.44. The number of anilines is 2. The van der Waals surface area contributed by atoms with Crippen LogP contribution in [0, 0.1) is 5.41 Å². The van der Waals surface area contributed by atoms with Crippen LogP contribution in [0.2, 0.25) is 0 Å². The van der Waals surface area contributed by atoms with Crippen molar-refractivity contribution in [2.75, 3.05) is 16.8 Å². The maximum Gasteiger partial charge on any atom is 0.243 e. The van der Waals surface area contributed by atoms with E-state index in [1.807, 2.05) is 24.3 Å². The first-order chi connectivity index (χ1) is 16.0. The molecule has 0 atom stereocenters. The summed E-state index contributed by atoms with van der Waals surface area (Å²) in [7, 11) is -3.86. The van der Waals surface area contributed by atoms with Gasteiger partial charge in [-0.3, -0.25) is 10.2 Å². The Bertz CT molecular complexity index is 1290. The van der Waals surface area contributed by atoms with Gasteiger partial charge in [-0.15, -0.1) is 0 Å². The van der Waals surface area contributed by atoms with Crippen molar-refractivity contribution in [3.05, 3.63) is 89.5 Å². The van der Waals surface area contributed by atoms with Crippen molar-refractivity contribution in [1.82, 2.24) is 0 Å². The second-order valence-corrected chi connectivity index (χ2v) is 9.90. The lowest BCUT2D eigenvalue weighted by Crippen LogP contribution is -2.33. The highest BCUT2D eigenvalue weighted by Gasteiger charge is 2.16. The van der Waals surface area contributed by atoms with Gasteiger partial charge in [0.25, 0.3) is 0 Å². The van der Waals surface area contributed by atoms with Crippen molar-refractivity contribution < 1.29 is 13.2 Å². The normalized spacial score (nSPS) is 11.3. The van der Waals surface area contributed by atoms with Crippen molar-refractivity contribution in [1.29, 1.82) is 5.41 Å². The van der Waals surface area contributed by atoms with E-state index in [1.54, 1.807) is 41.3 Å². The summed E-state index contributed by atoms with van der Waals surface area (Å²) >= 11 is 0. The fourth-order valence-corrected chi connectivity index (χ4v) is 4.06. The minimum atomic E-state index is -3.86. The fraction of sp³-hybridized carbons (Fsp3) is 0.200. The van der Waals surface area contributed by atoms with Crippen LogP contribution in [0.3, 0.4) is 0 Å². The maximum absolute atomic E-state index is 12.9. The lowest BCUT2D eigenvalue weighted by Gasteiger charge is -2.25. The zero-order valence-electron chi connectivity index (χ0n) is 19.2. The number of nitrogen functional groups attached to an aromatic ring is 1. The molecule has 0 spiro atoms. The molecule has 3 aromatic rings. The van der Waals surface area contributed by atoms with Crippen molar-refractivity contribution in [2.24, 2.45) is 10.9 Å². The quantitative estimate of drug-likeness (QED) is 0.275. The monoisotopic (exact) mass is 479 g/mol. The van der Waals surface area contributed by atoms with Crippen LogP contribution < -0.4 is 21.1 Å². The molecule has 6 N–H and O–H groups in total. The summed E-state index contributed by atoms with van der Waals surface area (Å²) in [5, 5.41) is 15.9. The molecule has 0 fully saturated rings. The first-order valence-corrected chi connectivity index (χ1v) is 12.3. The average Bonchev–Trinajstić information content (AvgIpc) is 2.78. The molecule has 0 saturated carbocycles. The highest BCUT2D eigenvalue weighted by atomic mass is 32.2. The minimum absolute atomic E-state index is 0.00266. The van der Waals surface area contributed by atoms with Gasteiger partial charge in [-0.05, 0) is 53.4 Å². The number of amides is 1. The Morgan fingerprint density at radius 3 is 2.32 bits per heavy atom. The lowest BCUT2D eigenvalue weighted by atomic mass is 10.0. The Morgan fingerprint density at radius 1 is 1.03 bits per heavy atom. The van der Waals surface area contributed by atoms with Gasteiger partial charge in [-0.25, -0.2) is 13.6 Å². The summed E-state index contributed by atoms with van der Waals surface area (Å²) in [6.07, 6.45) is 0. The van der Waals surface area contributed by atoms with Crippen LogP contribution in [0.4, 0.5) is 11.4 Å². The molecule has 0 aliphatic carbocycles. The number of hydrogen-bond acceptors (Lipinski definition) is 5. The SMILES string of the molecule is CC(C)c1ccc(NC(=O)CN(Cc2cccc(S(N)(=O)=O)c2)c2cccc(C(=N)N)c2)cc1. The number of rotatable bonds is 9. The predicted octanol–water partition coefficient (Wildman–Crippen LogP) is 3.39. The molecule has 0 aliphatic rings. The standard InChI is InChI=1S/C25H29N5O3S/c1-17(2)19-9-11-21(12-10-19)29-24(31)16-30(22-7-4-6-20(14-22)25(26)27)15-18-5-3-8-23(13-18)34(28,32)33/h3-14,17H,15-16H2,1-2H3,(H3,26,27)(H,29,31)(H2,28,32,33). The summed E-state index contributed by atoms with van der Waals surface area (Å²) in [5.41, 5.74) is 9.35. The molecule has 0 unspecified atom stereocenters. The lowest BCUT2D eigenvalue weighted by molar-refractivity contribution is -0.115. The highest BCUT2D eigenvalue weighted by molar-refractivity contribution is 7.89. The molecule has 1 amide bonds. The highest BCUT2D eigenvalue weighted by Crippen LogP contribution is 2.21. The molecule has 0 heterocycles. The van der Waals surface area contributed by atoms with Gasteiger partial charge < -0.3 is 16.0 Å². The van der Waals surface area contributed by atoms with E-state index in [4.69, 9.17) is 16.3 Å². The largest absolute Gasteiger partial charge is 0.384 e. The molecule has 3 aromatic carbocycles. The summed E-state index contributed by atoms with van der Waals surface area (Å²) < 4.78 is 23.5. The number of carbonyl (C=O) groups is 1. The number of benzene rings is 3. The van der Waals surface area contributed by atoms with Gasteiger partial charge in [0.05, 0.1) is 11.4 Å². The van der Waals surface area contributed by atoms with Gasteiger partial charge in [-0.2, -0.15) is 0 Å². The van der Waals surface area contributed by atoms with Gasteiger partial charge in [0, 0.05) is 23.5 Å². The number of carbonyl (C=O) groups excluding carboxylic acids is 1. The Labute approximate surface area is 200 Å². The Balaban J connectivity index is 1.86. The third kappa shape index (κ3) is 6.66.